The normalized spacial score (nSPS) is 26.2. The topological polar surface area (TPSA) is 309 Å². The number of piperazine rings is 1. The minimum atomic E-state index is -4.84. The molecule has 53 heavy (non-hydrogen) atoms. The van der Waals surface area contributed by atoms with Gasteiger partial charge in [0.15, 0.2) is 0 Å². The Morgan fingerprint density at radius 1 is 0.642 bits per heavy atom. The summed E-state index contributed by atoms with van der Waals surface area (Å²) in [6, 6.07) is -4.54. The summed E-state index contributed by atoms with van der Waals surface area (Å²) in [6.07, 6.45) is 3.25. The van der Waals surface area contributed by atoms with Crippen molar-refractivity contribution >= 4 is 56.5 Å². The minimum absolute atomic E-state index is 0.0845. The number of carbonyl (C=O) groups is 6. The smallest absolute Gasteiger partial charge is 0.314 e. The van der Waals surface area contributed by atoms with Crippen molar-refractivity contribution in [3.63, 3.8) is 0 Å². The first-order valence-corrected chi connectivity index (χ1v) is 19.6. The lowest BCUT2D eigenvalue weighted by molar-refractivity contribution is -0.132. The molecular weight excluding hydrogens is 754 g/mol. The maximum atomic E-state index is 12.3. The minimum Gasteiger partial charge on any atom is -0.314 e. The van der Waals surface area contributed by atoms with Crippen molar-refractivity contribution in [1.82, 2.24) is 56.7 Å². The summed E-state index contributed by atoms with van der Waals surface area (Å²) in [5.74, 6) is -1.87. The van der Waals surface area contributed by atoms with Gasteiger partial charge in [-0.25, -0.2) is 9.59 Å². The van der Waals surface area contributed by atoms with Crippen LogP contribution < -0.4 is 27.0 Å². The van der Waals surface area contributed by atoms with Gasteiger partial charge in [-0.15, -0.1) is 8.57 Å². The molecule has 4 atom stereocenters. The molecule has 6 aliphatic rings. The number of rotatable bonds is 10. The van der Waals surface area contributed by atoms with E-state index in [1.807, 2.05) is 9.80 Å². The van der Waals surface area contributed by atoms with Gasteiger partial charge in [0.25, 0.3) is 23.6 Å². The zero-order chi connectivity index (χ0) is 38.5. The summed E-state index contributed by atoms with van der Waals surface area (Å²) >= 11 is 0. The predicted molar refractivity (Wildman–Crippen MR) is 174 cm³/mol. The molecule has 6 saturated heterocycles. The average Bonchev–Trinajstić information content (AvgIpc) is 3.76. The van der Waals surface area contributed by atoms with Crippen LogP contribution in [0.2, 0.25) is 0 Å². The summed E-state index contributed by atoms with van der Waals surface area (Å²) in [5.41, 5.74) is 9.27. The van der Waals surface area contributed by atoms with Gasteiger partial charge < -0.3 is 15.1 Å². The number of nitrogens with one attached hydrogen (secondary N) is 5. The quantitative estimate of drug-likeness (QED) is 0.0807. The van der Waals surface area contributed by atoms with Crippen LogP contribution in [0.25, 0.3) is 0 Å². The van der Waals surface area contributed by atoms with Crippen molar-refractivity contribution in [2.45, 2.75) is 62.7 Å². The number of amides is 8. The molecule has 0 aromatic rings. The number of nitrogens with zero attached hydrogens (tertiary/aromatic N) is 6. The second-order valence-corrected chi connectivity index (χ2v) is 15.1. The van der Waals surface area contributed by atoms with Crippen LogP contribution in [0.5, 0.6) is 0 Å². The van der Waals surface area contributed by atoms with Crippen molar-refractivity contribution in [2.24, 2.45) is 0 Å². The lowest BCUT2D eigenvalue weighted by atomic mass is 10.0. The van der Waals surface area contributed by atoms with Crippen molar-refractivity contribution in [1.29, 1.82) is 0 Å². The van der Waals surface area contributed by atoms with E-state index in [9.17, 15) is 45.6 Å². The fourth-order valence-electron chi connectivity index (χ4n) is 6.93. The molecule has 0 aliphatic carbocycles. The zero-order valence-electron chi connectivity index (χ0n) is 28.4. The van der Waals surface area contributed by atoms with Crippen molar-refractivity contribution in [2.75, 3.05) is 65.4 Å². The molecule has 6 heterocycles. The first-order valence-electron chi connectivity index (χ1n) is 16.9. The highest BCUT2D eigenvalue weighted by atomic mass is 32.3. The Bertz CT molecular complexity index is 1640. The van der Waals surface area contributed by atoms with Crippen molar-refractivity contribution < 1.29 is 63.3 Å². The lowest BCUT2D eigenvalue weighted by Crippen LogP contribution is -2.56. The van der Waals surface area contributed by atoms with E-state index in [0.717, 1.165) is 61.9 Å². The number of piperidine rings is 2. The fraction of sp³-hybridized carbons (Fsp3) is 0.769. The molecule has 0 aromatic heterocycles. The van der Waals surface area contributed by atoms with Gasteiger partial charge in [0.1, 0.15) is 12.1 Å². The number of fused-ring (bicyclic) bond motifs is 4. The molecule has 6 fully saturated rings. The van der Waals surface area contributed by atoms with Crippen LogP contribution in [-0.4, -0.2) is 181 Å². The monoisotopic (exact) mass is 797 g/mol. The van der Waals surface area contributed by atoms with Gasteiger partial charge in [0, 0.05) is 39.3 Å². The summed E-state index contributed by atoms with van der Waals surface area (Å²) < 4.78 is 69.5. The zero-order valence-corrected chi connectivity index (χ0v) is 30.0. The van der Waals surface area contributed by atoms with Gasteiger partial charge in [0.05, 0.1) is 25.2 Å². The van der Waals surface area contributed by atoms with Crippen LogP contribution in [0.4, 0.5) is 9.59 Å². The third-order valence-corrected chi connectivity index (χ3v) is 10.1. The third-order valence-electron chi connectivity index (χ3n) is 9.39. The van der Waals surface area contributed by atoms with Crippen LogP contribution in [0.15, 0.2) is 0 Å². The van der Waals surface area contributed by atoms with E-state index in [1.165, 1.54) is 0 Å². The Balaban J connectivity index is 0.000000204. The molecule has 6 aliphatic heterocycles. The van der Waals surface area contributed by atoms with Crippen LogP contribution in [0.3, 0.4) is 0 Å². The number of hydroxylamine groups is 4. The third kappa shape index (κ3) is 10.8. The Hall–Kier alpha value is -3.96. The highest BCUT2D eigenvalue weighted by Crippen LogP contribution is 2.31. The Morgan fingerprint density at radius 2 is 1.04 bits per heavy atom. The van der Waals surface area contributed by atoms with Gasteiger partial charge in [0.2, 0.25) is 0 Å². The Morgan fingerprint density at radius 3 is 1.43 bits per heavy atom. The average molecular weight is 798 g/mol. The van der Waals surface area contributed by atoms with Crippen molar-refractivity contribution in [3.05, 3.63) is 0 Å². The van der Waals surface area contributed by atoms with E-state index >= 15 is 0 Å². The van der Waals surface area contributed by atoms with E-state index in [4.69, 9.17) is 9.11 Å². The first-order chi connectivity index (χ1) is 25.0. The Kier molecular flexibility index (Phi) is 12.9. The van der Waals surface area contributed by atoms with E-state index in [-0.39, 0.29) is 50.8 Å². The number of hydrogen-bond donors (Lipinski definition) is 7. The standard InChI is InChI=1S/C13H22N6O7S.C13H21N5O7S/c20-11(8-17-5-3-14-4-6-17)15-16-12(21)10-2-1-9-7-18(10)13(22)19(9)26-27(23,24)25;19-11(8-16-5-1-2-6-16)14-15-12(20)10-4-3-9-7-17(10)13(21)18(9)25-26(22,23)24/h9-10,14H,1-8H2,(H,15,20)(H,16,21)(H,23,24,25);9-10H,1-8H2,(H,14,19)(H,15,20)(H,22,23,24)/t2*9-,10+/m11/s1. The molecule has 0 spiro atoms. The fourth-order valence-corrected chi connectivity index (χ4v) is 7.71. The van der Waals surface area contributed by atoms with Gasteiger partial charge in [-0.3, -0.25) is 59.8 Å². The van der Waals surface area contributed by atoms with Gasteiger partial charge in [-0.1, -0.05) is 0 Å². The number of hydrogen-bond acceptors (Lipinski definition) is 15. The number of urea groups is 2. The van der Waals surface area contributed by atoms with Gasteiger partial charge >= 0.3 is 32.9 Å². The molecule has 0 unspecified atom stereocenters. The highest BCUT2D eigenvalue weighted by Gasteiger charge is 2.50. The van der Waals surface area contributed by atoms with Crippen LogP contribution in [0, 0.1) is 0 Å². The molecule has 4 bridgehead atoms. The molecule has 0 radical (unpaired) electrons. The number of hydrazine groups is 2. The SMILES string of the molecule is O=C(CN1CCCC1)NNC(=O)[C@@H]1CC[C@@H]2CN1C(=O)N2OS(=O)(=O)O.O=C(CN1CCNCC1)NNC(=O)[C@@H]1CC[C@@H]2CN1C(=O)N2OS(=O)(=O)O. The highest BCUT2D eigenvalue weighted by molar-refractivity contribution is 7.81. The van der Waals surface area contributed by atoms with E-state index in [1.54, 1.807) is 0 Å². The maximum Gasteiger partial charge on any atom is 0.418 e. The van der Waals surface area contributed by atoms with Crippen LogP contribution in [-0.2, 0) is 48.5 Å². The molecule has 27 heteroatoms. The molecule has 8 amide bonds. The lowest BCUT2D eigenvalue weighted by Gasteiger charge is -2.29. The van der Waals surface area contributed by atoms with E-state index < -0.39 is 68.8 Å². The summed E-state index contributed by atoms with van der Waals surface area (Å²) in [5, 5.41) is 4.30. The molecule has 6 rings (SSSR count). The summed E-state index contributed by atoms with van der Waals surface area (Å²) in [7, 11) is -9.67. The maximum absolute atomic E-state index is 12.3. The van der Waals surface area contributed by atoms with E-state index in [2.05, 4.69) is 35.6 Å². The van der Waals surface area contributed by atoms with Crippen molar-refractivity contribution in [3.8, 4) is 0 Å². The van der Waals surface area contributed by atoms with Crippen LogP contribution >= 0.6 is 0 Å². The molecular formula is C26H43N11O14S2. The summed E-state index contributed by atoms with van der Waals surface area (Å²) in [4.78, 5) is 79.1. The second-order valence-electron chi connectivity index (χ2n) is 13.1. The van der Waals surface area contributed by atoms with Crippen LogP contribution in [0.1, 0.15) is 38.5 Å². The first kappa shape index (κ1) is 40.2. The second kappa shape index (κ2) is 17.0. The molecule has 25 nitrogen and oxygen atoms in total. The Labute approximate surface area is 304 Å². The molecule has 0 saturated carbocycles. The predicted octanol–water partition coefficient (Wildman–Crippen LogP) is -4.73. The molecule has 0 aromatic carbocycles. The molecule has 7 N–H and O–H groups in total. The summed E-state index contributed by atoms with van der Waals surface area (Å²) in [6.45, 7) is 5.25. The van der Waals surface area contributed by atoms with E-state index in [0.29, 0.717) is 23.0 Å². The molecule has 298 valence electrons. The van der Waals surface area contributed by atoms with Gasteiger partial charge in [-0.05, 0) is 51.6 Å². The number of likely N-dealkylation sites (tertiary alicyclic amines) is 1. The number of carbonyl (C=O) groups excluding carboxylic acids is 6. The largest absolute Gasteiger partial charge is 0.418 e. The van der Waals surface area contributed by atoms with Gasteiger partial charge in [-0.2, -0.15) is 27.0 Å².